The fourth-order valence-corrected chi connectivity index (χ4v) is 4.41. The average molecular weight is 432 g/mol. The van der Waals surface area contributed by atoms with Crippen LogP contribution in [0.1, 0.15) is 48.8 Å². The molecule has 0 bridgehead atoms. The zero-order valence-electron chi connectivity index (χ0n) is 17.9. The van der Waals surface area contributed by atoms with Gasteiger partial charge in [-0.15, -0.1) is 21.5 Å². The van der Waals surface area contributed by atoms with E-state index >= 15 is 0 Å². The molecule has 0 N–H and O–H groups in total. The molecule has 0 spiro atoms. The normalized spacial score (nSPS) is 16.9. The van der Waals surface area contributed by atoms with E-state index in [0.29, 0.717) is 30.2 Å². The molecule has 1 atom stereocenters. The summed E-state index contributed by atoms with van der Waals surface area (Å²) in [4.78, 5) is 20.8. The number of carbonyl (C=O) groups is 1. The van der Waals surface area contributed by atoms with Crippen molar-refractivity contribution in [1.82, 2.24) is 19.7 Å². The van der Waals surface area contributed by atoms with E-state index in [1.807, 2.05) is 66.6 Å². The molecule has 6 nitrogen and oxygen atoms in total. The minimum absolute atomic E-state index is 0.00315. The lowest BCUT2D eigenvalue weighted by Crippen LogP contribution is -2.41. The molecule has 0 unspecified atom stereocenters. The Morgan fingerprint density at radius 3 is 2.65 bits per heavy atom. The Labute approximate surface area is 186 Å². The van der Waals surface area contributed by atoms with E-state index < -0.39 is 0 Å². The van der Waals surface area contributed by atoms with Crippen LogP contribution < -0.4 is 0 Å². The zero-order valence-corrected chi connectivity index (χ0v) is 18.8. The third kappa shape index (κ3) is 4.01. The van der Waals surface area contributed by atoms with Gasteiger partial charge in [-0.3, -0.25) is 9.79 Å². The first-order chi connectivity index (χ1) is 15.0. The lowest BCUT2D eigenvalue weighted by Gasteiger charge is -2.33. The molecular weight excluding hydrogens is 406 g/mol. The highest BCUT2D eigenvalue weighted by atomic mass is 32.1. The van der Waals surface area contributed by atoms with Crippen LogP contribution in [-0.4, -0.2) is 37.8 Å². The molecule has 0 radical (unpaired) electrons. The molecule has 3 heterocycles. The molecule has 2 aromatic heterocycles. The Morgan fingerprint density at radius 2 is 2.00 bits per heavy atom. The van der Waals surface area contributed by atoms with E-state index in [9.17, 15) is 4.79 Å². The largest absolute Gasteiger partial charge is 0.327 e. The monoisotopic (exact) mass is 431 g/mol. The van der Waals surface area contributed by atoms with E-state index in [0.717, 1.165) is 17.1 Å². The summed E-state index contributed by atoms with van der Waals surface area (Å²) in [6, 6.07) is 11.7. The van der Waals surface area contributed by atoms with Gasteiger partial charge in [-0.05, 0) is 56.0 Å². The fourth-order valence-electron chi connectivity index (χ4n) is 3.68. The predicted octanol–water partition coefficient (Wildman–Crippen LogP) is 5.12. The molecule has 1 amide bonds. The third-order valence-electron chi connectivity index (χ3n) is 5.52. The first-order valence-electron chi connectivity index (χ1n) is 10.3. The number of amides is 1. The van der Waals surface area contributed by atoms with Crippen LogP contribution in [0.4, 0.5) is 0 Å². The molecular formula is C24H25N5OS. The van der Waals surface area contributed by atoms with Gasteiger partial charge in [0.25, 0.3) is 5.91 Å². The number of aromatic nitrogens is 3. The van der Waals surface area contributed by atoms with Crippen LogP contribution >= 0.6 is 11.3 Å². The summed E-state index contributed by atoms with van der Waals surface area (Å²) >= 11 is 1.69. The average Bonchev–Trinajstić information content (AvgIpc) is 3.48. The number of nitrogens with zero attached hydrogens (tertiary/aromatic N) is 5. The number of carbonyl (C=O) groups excluding carboxylic acids is 1. The predicted molar refractivity (Wildman–Crippen MR) is 125 cm³/mol. The highest BCUT2D eigenvalue weighted by Crippen LogP contribution is 2.28. The summed E-state index contributed by atoms with van der Waals surface area (Å²) < 4.78 is 2.04. The van der Waals surface area contributed by atoms with Crippen molar-refractivity contribution < 1.29 is 4.79 Å². The summed E-state index contributed by atoms with van der Waals surface area (Å²) in [5, 5.41) is 10.8. The van der Waals surface area contributed by atoms with E-state index in [1.165, 1.54) is 4.88 Å². The van der Waals surface area contributed by atoms with Gasteiger partial charge < -0.3 is 9.47 Å². The van der Waals surface area contributed by atoms with Gasteiger partial charge >= 0.3 is 0 Å². The van der Waals surface area contributed by atoms with Crippen molar-refractivity contribution in [2.45, 2.75) is 33.4 Å². The van der Waals surface area contributed by atoms with Crippen LogP contribution in [0.2, 0.25) is 0 Å². The van der Waals surface area contributed by atoms with E-state index in [-0.39, 0.29) is 11.9 Å². The molecule has 0 aliphatic carbocycles. The van der Waals surface area contributed by atoms with Crippen molar-refractivity contribution in [1.29, 1.82) is 0 Å². The zero-order chi connectivity index (χ0) is 22.0. The van der Waals surface area contributed by atoms with E-state index in [1.54, 1.807) is 17.4 Å². The van der Waals surface area contributed by atoms with Crippen LogP contribution in [0.15, 0.2) is 71.2 Å². The van der Waals surface area contributed by atoms with Crippen molar-refractivity contribution in [3.8, 4) is 10.4 Å². The van der Waals surface area contributed by atoms with Gasteiger partial charge in [0, 0.05) is 29.2 Å². The van der Waals surface area contributed by atoms with Gasteiger partial charge in [0.1, 0.15) is 5.71 Å². The number of hydrogen-bond donors (Lipinski definition) is 0. The molecule has 1 aliphatic heterocycles. The molecule has 158 valence electrons. The number of aliphatic imine (C=N–C) groups is 1. The van der Waals surface area contributed by atoms with Crippen LogP contribution in [0, 0.1) is 0 Å². The highest BCUT2D eigenvalue weighted by molar-refractivity contribution is 7.13. The quantitative estimate of drug-likeness (QED) is 0.527. The van der Waals surface area contributed by atoms with Crippen LogP contribution in [0.25, 0.3) is 10.4 Å². The van der Waals surface area contributed by atoms with Crippen molar-refractivity contribution in [2.24, 2.45) is 4.99 Å². The number of hydrogen-bond acceptors (Lipinski definition) is 5. The fraction of sp³-hybridized carbons (Fsp3) is 0.250. The lowest BCUT2D eigenvalue weighted by molar-refractivity contribution is 0.0637. The van der Waals surface area contributed by atoms with Crippen molar-refractivity contribution >= 4 is 23.0 Å². The highest BCUT2D eigenvalue weighted by Gasteiger charge is 2.32. The molecule has 3 aromatic rings. The third-order valence-corrected chi connectivity index (χ3v) is 6.44. The molecule has 4 rings (SSSR count). The first kappa shape index (κ1) is 20.9. The number of rotatable bonds is 5. The molecule has 0 saturated heterocycles. The molecule has 0 saturated carbocycles. The van der Waals surface area contributed by atoms with Gasteiger partial charge in [-0.1, -0.05) is 30.9 Å². The van der Waals surface area contributed by atoms with Gasteiger partial charge in [0.05, 0.1) is 6.04 Å². The maximum absolute atomic E-state index is 13.2. The van der Waals surface area contributed by atoms with Crippen molar-refractivity contribution in [3.63, 3.8) is 0 Å². The standard InChI is InChI=1S/C24H25N5OS/c1-5-16(3)25-20(6-2)23-27-26-22-17(4)28(13-14-29(22)23)24(30)19-11-9-18(10-12-19)21-8-7-15-31-21/h5-12,15,17H,2,13-14H2,1,3-4H3/b16-5-,25-20+/t17-/m1/s1. The Balaban J connectivity index is 1.58. The van der Waals surface area contributed by atoms with E-state index in [2.05, 4.69) is 33.2 Å². The smallest absolute Gasteiger partial charge is 0.254 e. The maximum Gasteiger partial charge on any atom is 0.254 e. The molecule has 7 heteroatoms. The lowest BCUT2D eigenvalue weighted by atomic mass is 10.1. The molecule has 0 fully saturated rings. The van der Waals surface area contributed by atoms with Gasteiger partial charge in [-0.25, -0.2) is 0 Å². The summed E-state index contributed by atoms with van der Waals surface area (Å²) in [7, 11) is 0. The Morgan fingerprint density at radius 1 is 1.23 bits per heavy atom. The second-order valence-electron chi connectivity index (χ2n) is 7.39. The summed E-state index contributed by atoms with van der Waals surface area (Å²) in [6.07, 6.45) is 3.63. The van der Waals surface area contributed by atoms with Gasteiger partial charge in [0.15, 0.2) is 11.6 Å². The van der Waals surface area contributed by atoms with Crippen molar-refractivity contribution in [2.75, 3.05) is 6.54 Å². The number of benzene rings is 1. The minimum Gasteiger partial charge on any atom is -0.327 e. The van der Waals surface area contributed by atoms with Gasteiger partial charge in [0.2, 0.25) is 0 Å². The second kappa shape index (κ2) is 8.81. The molecule has 1 aliphatic rings. The number of fused-ring (bicyclic) bond motifs is 1. The van der Waals surface area contributed by atoms with E-state index in [4.69, 9.17) is 0 Å². The number of allylic oxidation sites excluding steroid dienone is 3. The molecule has 31 heavy (non-hydrogen) atoms. The maximum atomic E-state index is 13.2. The minimum atomic E-state index is -0.187. The SMILES string of the molecule is C=C/C(=N\C(C)=C/C)c1nnc2n1CCN(C(=O)c1ccc(-c3cccs3)cc1)[C@@H]2C. The Bertz CT molecular complexity index is 1160. The summed E-state index contributed by atoms with van der Waals surface area (Å²) in [5.41, 5.74) is 3.37. The van der Waals surface area contributed by atoms with Crippen LogP contribution in [0.5, 0.6) is 0 Å². The topological polar surface area (TPSA) is 63.4 Å². The van der Waals surface area contributed by atoms with Crippen molar-refractivity contribution in [3.05, 3.63) is 83.4 Å². The van der Waals surface area contributed by atoms with Crippen LogP contribution in [-0.2, 0) is 6.54 Å². The van der Waals surface area contributed by atoms with Gasteiger partial charge in [-0.2, -0.15) is 0 Å². The Kier molecular flexibility index (Phi) is 5.95. The number of thiophene rings is 1. The Hall–Kier alpha value is -3.32. The molecule has 1 aromatic carbocycles. The van der Waals surface area contributed by atoms with Crippen LogP contribution in [0.3, 0.4) is 0 Å². The summed E-state index contributed by atoms with van der Waals surface area (Å²) in [6.45, 7) is 10.9. The summed E-state index contributed by atoms with van der Waals surface area (Å²) in [5.74, 6) is 1.45. The second-order valence-corrected chi connectivity index (χ2v) is 8.34. The first-order valence-corrected chi connectivity index (χ1v) is 11.1.